The highest BCUT2D eigenvalue weighted by atomic mass is 16.6. The van der Waals surface area contributed by atoms with Gasteiger partial charge in [0.25, 0.3) is 0 Å². The van der Waals surface area contributed by atoms with Crippen LogP contribution in [-0.4, -0.2) is 25.3 Å². The average Bonchev–Trinajstić information content (AvgIpc) is 3.16. The van der Waals surface area contributed by atoms with Crippen LogP contribution in [0.15, 0.2) is 91.0 Å². The Kier molecular flexibility index (Phi) is 4.90. The minimum Gasteiger partial charge on any atom is -0.447 e. The Labute approximate surface area is 158 Å². The maximum Gasteiger partial charge on any atom is 0.407 e. The number of hydrogen-bond acceptors (Lipinski definition) is 3. The van der Waals surface area contributed by atoms with E-state index in [-0.39, 0.29) is 6.04 Å². The van der Waals surface area contributed by atoms with Gasteiger partial charge in [-0.15, -0.1) is 0 Å². The third kappa shape index (κ3) is 3.44. The lowest BCUT2D eigenvalue weighted by Crippen LogP contribution is -2.39. The summed E-state index contributed by atoms with van der Waals surface area (Å²) >= 11 is 0. The van der Waals surface area contributed by atoms with Crippen LogP contribution in [0.3, 0.4) is 0 Å². The van der Waals surface area contributed by atoms with Gasteiger partial charge in [0.15, 0.2) is 0 Å². The van der Waals surface area contributed by atoms with Crippen molar-refractivity contribution in [2.45, 2.75) is 11.6 Å². The van der Waals surface area contributed by atoms with Crippen LogP contribution in [0.25, 0.3) is 0 Å². The molecule has 0 bridgehead atoms. The third-order valence-electron chi connectivity index (χ3n) is 4.78. The molecule has 4 heteroatoms. The highest BCUT2D eigenvalue weighted by Crippen LogP contribution is 2.40. The van der Waals surface area contributed by atoms with Gasteiger partial charge in [-0.3, -0.25) is 0 Å². The molecule has 0 radical (unpaired) electrons. The van der Waals surface area contributed by atoms with Crippen LogP contribution >= 0.6 is 0 Å². The Morgan fingerprint density at radius 2 is 1.26 bits per heavy atom. The minimum atomic E-state index is -0.781. The predicted molar refractivity (Wildman–Crippen MR) is 103 cm³/mol. The van der Waals surface area contributed by atoms with Crippen molar-refractivity contribution < 1.29 is 14.3 Å². The van der Waals surface area contributed by atoms with Crippen LogP contribution in [0.5, 0.6) is 0 Å². The topological polar surface area (TPSA) is 47.6 Å². The van der Waals surface area contributed by atoms with E-state index in [9.17, 15) is 4.79 Å². The molecule has 1 aliphatic rings. The van der Waals surface area contributed by atoms with E-state index in [2.05, 4.69) is 41.7 Å². The van der Waals surface area contributed by atoms with E-state index in [1.165, 1.54) is 0 Å². The smallest absolute Gasteiger partial charge is 0.407 e. The lowest BCUT2D eigenvalue weighted by atomic mass is 9.80. The molecule has 0 saturated carbocycles. The largest absolute Gasteiger partial charge is 0.447 e. The zero-order valence-corrected chi connectivity index (χ0v) is 14.9. The number of nitrogens with one attached hydrogen (secondary N) is 1. The molecule has 0 aromatic heterocycles. The van der Waals surface area contributed by atoms with Gasteiger partial charge in [-0.1, -0.05) is 91.0 Å². The standard InChI is InChI=1S/C23H21NO3/c25-22-24-21(16-26-22)17-27-23(18-10-4-1-5-11-18,19-12-6-2-7-13-19)20-14-8-3-9-15-20/h1-15,21H,16-17H2,(H,24,25). The van der Waals surface area contributed by atoms with E-state index in [0.717, 1.165) is 16.7 Å². The molecule has 136 valence electrons. The number of alkyl carbamates (subject to hydrolysis) is 1. The van der Waals surface area contributed by atoms with Gasteiger partial charge in [-0.05, 0) is 16.7 Å². The summed E-state index contributed by atoms with van der Waals surface area (Å²) in [5, 5.41) is 2.79. The molecule has 1 atom stereocenters. The molecule has 3 aromatic carbocycles. The van der Waals surface area contributed by atoms with Crippen molar-refractivity contribution in [3.63, 3.8) is 0 Å². The van der Waals surface area contributed by atoms with Crippen molar-refractivity contribution in [3.05, 3.63) is 108 Å². The molecule has 0 spiro atoms. The molecule has 1 aliphatic heterocycles. The van der Waals surface area contributed by atoms with Crippen molar-refractivity contribution in [2.75, 3.05) is 13.2 Å². The molecule has 3 aromatic rings. The van der Waals surface area contributed by atoms with Crippen molar-refractivity contribution in [1.82, 2.24) is 5.32 Å². The van der Waals surface area contributed by atoms with Crippen LogP contribution in [-0.2, 0) is 15.1 Å². The summed E-state index contributed by atoms with van der Waals surface area (Å²) < 4.78 is 11.6. The van der Waals surface area contributed by atoms with Crippen molar-refractivity contribution in [1.29, 1.82) is 0 Å². The van der Waals surface area contributed by atoms with Crippen LogP contribution in [0, 0.1) is 0 Å². The van der Waals surface area contributed by atoms with Crippen LogP contribution < -0.4 is 5.32 Å². The van der Waals surface area contributed by atoms with Crippen molar-refractivity contribution in [2.24, 2.45) is 0 Å². The van der Waals surface area contributed by atoms with E-state index in [0.29, 0.717) is 13.2 Å². The fraction of sp³-hybridized carbons (Fsp3) is 0.174. The monoisotopic (exact) mass is 359 g/mol. The summed E-state index contributed by atoms with van der Waals surface area (Å²) in [6.45, 7) is 0.651. The Hall–Kier alpha value is -3.11. The molecule has 4 rings (SSSR count). The fourth-order valence-electron chi connectivity index (χ4n) is 3.51. The van der Waals surface area contributed by atoms with Crippen LogP contribution in [0.2, 0.25) is 0 Å². The zero-order chi connectivity index (χ0) is 18.5. The second-order valence-corrected chi connectivity index (χ2v) is 6.53. The molecule has 1 saturated heterocycles. The normalized spacial score (nSPS) is 16.6. The molecule has 1 heterocycles. The summed E-state index contributed by atoms with van der Waals surface area (Å²) in [4.78, 5) is 11.4. The third-order valence-corrected chi connectivity index (χ3v) is 4.78. The summed E-state index contributed by atoms with van der Waals surface area (Å²) in [5.41, 5.74) is 2.32. The molecule has 1 N–H and O–H groups in total. The van der Waals surface area contributed by atoms with Gasteiger partial charge in [0.2, 0.25) is 0 Å². The number of carbonyl (C=O) groups is 1. The van der Waals surface area contributed by atoms with Gasteiger partial charge in [0.05, 0.1) is 12.6 Å². The SMILES string of the molecule is O=C1NC(COC(c2ccccc2)(c2ccccc2)c2ccccc2)CO1. The maximum absolute atomic E-state index is 11.4. The van der Waals surface area contributed by atoms with Crippen LogP contribution in [0.1, 0.15) is 16.7 Å². The second-order valence-electron chi connectivity index (χ2n) is 6.53. The number of ether oxygens (including phenoxy) is 2. The molecule has 27 heavy (non-hydrogen) atoms. The first-order chi connectivity index (χ1) is 13.3. The lowest BCUT2D eigenvalue weighted by Gasteiger charge is -2.36. The van der Waals surface area contributed by atoms with Gasteiger partial charge >= 0.3 is 6.09 Å². The molecule has 1 unspecified atom stereocenters. The van der Waals surface area contributed by atoms with Crippen molar-refractivity contribution in [3.8, 4) is 0 Å². The lowest BCUT2D eigenvalue weighted by molar-refractivity contribution is 0.00140. The van der Waals surface area contributed by atoms with E-state index in [1.807, 2.05) is 54.6 Å². The Bertz CT molecular complexity index is 785. The van der Waals surface area contributed by atoms with E-state index in [1.54, 1.807) is 0 Å². The van der Waals surface area contributed by atoms with Gasteiger partial charge in [-0.2, -0.15) is 0 Å². The van der Waals surface area contributed by atoms with Gasteiger partial charge in [0.1, 0.15) is 12.2 Å². The van der Waals surface area contributed by atoms with E-state index >= 15 is 0 Å². The summed E-state index contributed by atoms with van der Waals surface area (Å²) in [6, 6.07) is 30.3. The summed E-state index contributed by atoms with van der Waals surface area (Å²) in [5.74, 6) is 0. The first-order valence-electron chi connectivity index (χ1n) is 9.03. The van der Waals surface area contributed by atoms with Gasteiger partial charge in [0, 0.05) is 0 Å². The molecular weight excluding hydrogens is 338 g/mol. The highest BCUT2D eigenvalue weighted by molar-refractivity contribution is 5.69. The molecule has 4 nitrogen and oxygen atoms in total. The molecular formula is C23H21NO3. The number of rotatable bonds is 6. The zero-order valence-electron chi connectivity index (χ0n) is 14.9. The van der Waals surface area contributed by atoms with E-state index in [4.69, 9.17) is 9.47 Å². The maximum atomic E-state index is 11.4. The second kappa shape index (κ2) is 7.64. The number of cyclic esters (lactones) is 1. The first-order valence-corrected chi connectivity index (χ1v) is 9.03. The Morgan fingerprint density at radius 1 is 0.815 bits per heavy atom. The van der Waals surface area contributed by atoms with Crippen LogP contribution in [0.4, 0.5) is 4.79 Å². The fourth-order valence-corrected chi connectivity index (χ4v) is 3.51. The summed E-state index contributed by atoms with van der Waals surface area (Å²) in [6.07, 6.45) is -0.395. The van der Waals surface area contributed by atoms with Gasteiger partial charge in [-0.25, -0.2) is 4.79 Å². The highest BCUT2D eigenvalue weighted by Gasteiger charge is 2.38. The van der Waals surface area contributed by atoms with Gasteiger partial charge < -0.3 is 14.8 Å². The number of benzene rings is 3. The van der Waals surface area contributed by atoms with Crippen molar-refractivity contribution >= 4 is 6.09 Å². The average molecular weight is 359 g/mol. The quantitative estimate of drug-likeness (QED) is 0.674. The number of amides is 1. The number of hydrogen-bond donors (Lipinski definition) is 1. The molecule has 0 aliphatic carbocycles. The predicted octanol–water partition coefficient (Wildman–Crippen LogP) is 4.10. The molecule has 1 fully saturated rings. The Balaban J connectivity index is 1.82. The Morgan fingerprint density at radius 3 is 1.63 bits per heavy atom. The minimum absolute atomic E-state index is 0.173. The first kappa shape index (κ1) is 17.3. The van der Waals surface area contributed by atoms with E-state index < -0.39 is 11.7 Å². The molecule has 1 amide bonds. The number of carbonyl (C=O) groups excluding carboxylic acids is 1. The summed E-state index contributed by atoms with van der Waals surface area (Å²) in [7, 11) is 0.